The van der Waals surface area contributed by atoms with Gasteiger partial charge in [0.05, 0.1) is 12.4 Å². The van der Waals surface area contributed by atoms with Gasteiger partial charge in [-0.3, -0.25) is 4.68 Å². The van der Waals surface area contributed by atoms with E-state index in [1.165, 1.54) is 38.5 Å². The summed E-state index contributed by atoms with van der Waals surface area (Å²) >= 11 is 0. The van der Waals surface area contributed by atoms with E-state index in [1.807, 2.05) is 24.1 Å². The lowest BCUT2D eigenvalue weighted by Crippen LogP contribution is -2.65. The summed E-state index contributed by atoms with van der Waals surface area (Å²) in [6.07, 6.45) is 13.3. The lowest BCUT2D eigenvalue weighted by molar-refractivity contribution is -0.103. The summed E-state index contributed by atoms with van der Waals surface area (Å²) in [4.78, 5) is 0. The first-order valence-electron chi connectivity index (χ1n) is 8.13. The third-order valence-electron chi connectivity index (χ3n) is 5.17. The Kier molecular flexibility index (Phi) is 4.01. The van der Waals surface area contributed by atoms with Gasteiger partial charge in [0.2, 0.25) is 0 Å². The van der Waals surface area contributed by atoms with Crippen molar-refractivity contribution in [3.63, 3.8) is 0 Å². The Balaban J connectivity index is 1.68. The standard InChI is InChI=1S/C16H27N3O/c1-3-9-17-14-10-15(16(14)7-5-4-6-8-16)20-13-11-18-19(2)12-13/h11-12,14-15,17H,3-10H2,1-2H3. The van der Waals surface area contributed by atoms with E-state index < -0.39 is 0 Å². The molecule has 0 aromatic carbocycles. The summed E-state index contributed by atoms with van der Waals surface area (Å²) in [5.74, 6) is 0.927. The smallest absolute Gasteiger partial charge is 0.157 e. The molecule has 1 heterocycles. The van der Waals surface area contributed by atoms with Crippen molar-refractivity contribution in [2.45, 2.75) is 64.0 Å². The highest BCUT2D eigenvalue weighted by molar-refractivity contribution is 5.17. The molecule has 2 unspecified atom stereocenters. The third-order valence-corrected chi connectivity index (χ3v) is 5.17. The zero-order valence-corrected chi connectivity index (χ0v) is 12.8. The molecule has 0 aliphatic heterocycles. The molecule has 3 rings (SSSR count). The number of hydrogen-bond donors (Lipinski definition) is 1. The fraction of sp³-hybridized carbons (Fsp3) is 0.812. The van der Waals surface area contributed by atoms with Crippen molar-refractivity contribution < 1.29 is 4.74 Å². The van der Waals surface area contributed by atoms with Crippen LogP contribution in [0.25, 0.3) is 0 Å². The largest absolute Gasteiger partial charge is 0.486 e. The molecule has 2 fully saturated rings. The number of aryl methyl sites for hydroxylation is 1. The number of ether oxygens (including phenoxy) is 1. The Hall–Kier alpha value is -1.03. The first-order valence-corrected chi connectivity index (χ1v) is 8.13. The molecule has 1 aromatic heterocycles. The van der Waals surface area contributed by atoms with Crippen molar-refractivity contribution in [1.29, 1.82) is 0 Å². The van der Waals surface area contributed by atoms with Crippen molar-refractivity contribution >= 4 is 0 Å². The predicted octanol–water partition coefficient (Wildman–Crippen LogP) is 2.89. The second kappa shape index (κ2) is 5.76. The van der Waals surface area contributed by atoms with Crippen molar-refractivity contribution in [3.8, 4) is 5.75 Å². The molecule has 2 atom stereocenters. The SMILES string of the molecule is CCCNC1CC(Oc2cnn(C)c2)C12CCCCC2. The minimum absolute atomic E-state index is 0.376. The van der Waals surface area contributed by atoms with Gasteiger partial charge in [0.15, 0.2) is 5.75 Å². The van der Waals surface area contributed by atoms with E-state index in [0.717, 1.165) is 18.7 Å². The summed E-state index contributed by atoms with van der Waals surface area (Å²) in [5.41, 5.74) is 0.378. The number of nitrogens with zero attached hydrogens (tertiary/aromatic N) is 2. The molecule has 112 valence electrons. The molecular formula is C16H27N3O. The first kappa shape index (κ1) is 13.9. The Morgan fingerprint density at radius 2 is 2.20 bits per heavy atom. The Morgan fingerprint density at radius 3 is 2.85 bits per heavy atom. The number of rotatable bonds is 5. The van der Waals surface area contributed by atoms with Crippen LogP contribution in [0.3, 0.4) is 0 Å². The van der Waals surface area contributed by atoms with E-state index in [0.29, 0.717) is 17.6 Å². The zero-order chi connectivity index (χ0) is 14.0. The quantitative estimate of drug-likeness (QED) is 0.899. The fourth-order valence-electron chi connectivity index (χ4n) is 4.02. The van der Waals surface area contributed by atoms with Crippen molar-refractivity contribution in [1.82, 2.24) is 15.1 Å². The Morgan fingerprint density at radius 1 is 1.40 bits per heavy atom. The van der Waals surface area contributed by atoms with Crippen LogP contribution in [0.1, 0.15) is 51.9 Å². The van der Waals surface area contributed by atoms with Crippen LogP contribution in [0.4, 0.5) is 0 Å². The van der Waals surface area contributed by atoms with Crippen LogP contribution in [-0.4, -0.2) is 28.5 Å². The second-order valence-electron chi connectivity index (χ2n) is 6.49. The summed E-state index contributed by atoms with van der Waals surface area (Å²) < 4.78 is 8.07. The van der Waals surface area contributed by atoms with Gasteiger partial charge < -0.3 is 10.1 Å². The van der Waals surface area contributed by atoms with E-state index in [4.69, 9.17) is 4.74 Å². The van der Waals surface area contributed by atoms with Crippen LogP contribution in [-0.2, 0) is 7.05 Å². The van der Waals surface area contributed by atoms with Gasteiger partial charge in [0.1, 0.15) is 6.10 Å². The van der Waals surface area contributed by atoms with Crippen LogP contribution < -0.4 is 10.1 Å². The van der Waals surface area contributed by atoms with Crippen molar-refractivity contribution in [2.24, 2.45) is 12.5 Å². The maximum atomic E-state index is 6.25. The van der Waals surface area contributed by atoms with Crippen molar-refractivity contribution in [2.75, 3.05) is 6.54 Å². The zero-order valence-electron chi connectivity index (χ0n) is 12.8. The normalized spacial score (nSPS) is 28.3. The average Bonchev–Trinajstić information content (AvgIpc) is 2.88. The van der Waals surface area contributed by atoms with Crippen LogP contribution >= 0.6 is 0 Å². The average molecular weight is 277 g/mol. The summed E-state index contributed by atoms with van der Waals surface area (Å²) in [7, 11) is 1.94. The van der Waals surface area contributed by atoms with Crippen molar-refractivity contribution in [3.05, 3.63) is 12.4 Å². The Bertz CT molecular complexity index is 437. The minimum Gasteiger partial charge on any atom is -0.486 e. The van der Waals surface area contributed by atoms with E-state index in [9.17, 15) is 0 Å². The number of nitrogens with one attached hydrogen (secondary N) is 1. The molecule has 4 nitrogen and oxygen atoms in total. The third kappa shape index (κ3) is 2.46. The maximum absolute atomic E-state index is 6.25. The van der Waals surface area contributed by atoms with Gasteiger partial charge in [0.25, 0.3) is 0 Å². The molecule has 2 saturated carbocycles. The molecule has 2 aliphatic rings. The minimum atomic E-state index is 0.376. The maximum Gasteiger partial charge on any atom is 0.157 e. The van der Waals surface area contributed by atoms with E-state index >= 15 is 0 Å². The van der Waals surface area contributed by atoms with Gasteiger partial charge in [-0.1, -0.05) is 26.2 Å². The molecule has 20 heavy (non-hydrogen) atoms. The fourth-order valence-corrected chi connectivity index (χ4v) is 4.02. The summed E-state index contributed by atoms with van der Waals surface area (Å²) in [6.45, 7) is 3.37. The van der Waals surface area contributed by atoms with E-state index in [2.05, 4.69) is 17.3 Å². The van der Waals surface area contributed by atoms with E-state index in [-0.39, 0.29) is 0 Å². The molecule has 1 aromatic rings. The Labute approximate surface area is 121 Å². The molecule has 0 saturated heterocycles. The molecule has 4 heteroatoms. The monoisotopic (exact) mass is 277 g/mol. The molecule has 0 amide bonds. The summed E-state index contributed by atoms with van der Waals surface area (Å²) in [5, 5.41) is 7.96. The van der Waals surface area contributed by atoms with Gasteiger partial charge in [-0.25, -0.2) is 0 Å². The van der Waals surface area contributed by atoms with E-state index in [1.54, 1.807) is 0 Å². The number of hydrogen-bond acceptors (Lipinski definition) is 3. The van der Waals surface area contributed by atoms with Crippen LogP contribution in [0.2, 0.25) is 0 Å². The highest BCUT2D eigenvalue weighted by Crippen LogP contribution is 2.53. The van der Waals surface area contributed by atoms with Gasteiger partial charge >= 0.3 is 0 Å². The summed E-state index contributed by atoms with van der Waals surface area (Å²) in [6, 6.07) is 0.657. The molecule has 0 radical (unpaired) electrons. The molecule has 0 bridgehead atoms. The van der Waals surface area contributed by atoms with Gasteiger partial charge in [-0.2, -0.15) is 5.10 Å². The topological polar surface area (TPSA) is 39.1 Å². The molecular weight excluding hydrogens is 250 g/mol. The molecule has 1 N–H and O–H groups in total. The highest BCUT2D eigenvalue weighted by Gasteiger charge is 2.56. The van der Waals surface area contributed by atoms with Crippen LogP contribution in [0, 0.1) is 5.41 Å². The lowest BCUT2D eigenvalue weighted by atomic mass is 9.55. The predicted molar refractivity (Wildman–Crippen MR) is 79.8 cm³/mol. The number of aromatic nitrogens is 2. The first-order chi connectivity index (χ1) is 9.74. The van der Waals surface area contributed by atoms with Gasteiger partial charge in [0, 0.05) is 24.9 Å². The molecule has 2 aliphatic carbocycles. The van der Waals surface area contributed by atoms with Crippen LogP contribution in [0.15, 0.2) is 12.4 Å². The highest BCUT2D eigenvalue weighted by atomic mass is 16.5. The molecule has 1 spiro atoms. The van der Waals surface area contributed by atoms with Crippen LogP contribution in [0.5, 0.6) is 5.75 Å². The second-order valence-corrected chi connectivity index (χ2v) is 6.49. The van der Waals surface area contributed by atoms with Gasteiger partial charge in [-0.15, -0.1) is 0 Å². The van der Waals surface area contributed by atoms with Gasteiger partial charge in [-0.05, 0) is 25.8 Å². The lowest BCUT2D eigenvalue weighted by Gasteiger charge is -2.57.